The van der Waals surface area contributed by atoms with Crippen molar-refractivity contribution in [3.63, 3.8) is 0 Å². The van der Waals surface area contributed by atoms with E-state index < -0.39 is 0 Å². The predicted octanol–water partition coefficient (Wildman–Crippen LogP) is 1.00. The van der Waals surface area contributed by atoms with Crippen LogP contribution in [0.25, 0.3) is 0 Å². The van der Waals surface area contributed by atoms with E-state index in [1.54, 1.807) is 6.92 Å². The molecule has 2 saturated heterocycles. The van der Waals surface area contributed by atoms with Gasteiger partial charge in [0.05, 0.1) is 24.4 Å². The molecule has 0 aliphatic carbocycles. The van der Waals surface area contributed by atoms with Gasteiger partial charge in [0.15, 0.2) is 5.82 Å². The molecule has 1 aromatic heterocycles. The highest BCUT2D eigenvalue weighted by molar-refractivity contribution is 5.73. The number of hydrogen-bond acceptors (Lipinski definition) is 5. The molecule has 0 N–H and O–H groups in total. The maximum atomic E-state index is 11.8. The molecule has 6 nitrogen and oxygen atoms in total. The van der Waals surface area contributed by atoms with Crippen molar-refractivity contribution >= 4 is 11.7 Å². The van der Waals surface area contributed by atoms with Crippen LogP contribution in [0.5, 0.6) is 0 Å². The van der Waals surface area contributed by atoms with Gasteiger partial charge in [-0.25, -0.2) is 0 Å². The molecule has 114 valence electrons. The van der Waals surface area contributed by atoms with Crippen LogP contribution in [0.4, 0.5) is 5.82 Å². The summed E-state index contributed by atoms with van der Waals surface area (Å²) < 4.78 is 5.89. The number of fused-ring (bicyclic) bond motifs is 1. The third-order valence-electron chi connectivity index (χ3n) is 4.38. The van der Waals surface area contributed by atoms with Gasteiger partial charge in [-0.2, -0.15) is 5.10 Å². The third kappa shape index (κ3) is 3.00. The lowest BCUT2D eigenvalue weighted by molar-refractivity contribution is -0.144. The first-order valence-electron chi connectivity index (χ1n) is 7.59. The second kappa shape index (κ2) is 5.97. The lowest BCUT2D eigenvalue weighted by atomic mass is 10.0. The van der Waals surface area contributed by atoms with Crippen LogP contribution in [0.15, 0.2) is 12.1 Å². The van der Waals surface area contributed by atoms with Crippen molar-refractivity contribution < 1.29 is 9.53 Å². The van der Waals surface area contributed by atoms with Gasteiger partial charge in [-0.05, 0) is 31.9 Å². The van der Waals surface area contributed by atoms with Crippen molar-refractivity contribution in [1.82, 2.24) is 15.1 Å². The lowest BCUT2D eigenvalue weighted by Gasteiger charge is -2.39. The number of ether oxygens (including phenoxy) is 1. The topological polar surface area (TPSA) is 58.6 Å². The molecule has 1 aromatic rings. The number of anilines is 1. The summed E-state index contributed by atoms with van der Waals surface area (Å²) in [5, 5.41) is 8.40. The molecule has 2 atom stereocenters. The molecular weight excluding hydrogens is 268 g/mol. The Morgan fingerprint density at radius 3 is 2.76 bits per heavy atom. The minimum atomic E-state index is 0.144. The first kappa shape index (κ1) is 14.3. The highest BCUT2D eigenvalue weighted by atomic mass is 16.5. The van der Waals surface area contributed by atoms with E-state index in [4.69, 9.17) is 4.74 Å². The van der Waals surface area contributed by atoms with Crippen LogP contribution in [0.2, 0.25) is 0 Å². The van der Waals surface area contributed by atoms with E-state index in [1.807, 2.05) is 24.0 Å². The smallest absolute Gasteiger partial charge is 0.219 e. The fraction of sp³-hybridized carbons (Fsp3) is 0.667. The van der Waals surface area contributed by atoms with Crippen molar-refractivity contribution in [2.24, 2.45) is 0 Å². The quantitative estimate of drug-likeness (QED) is 0.772. The minimum Gasteiger partial charge on any atom is -0.374 e. The van der Waals surface area contributed by atoms with Gasteiger partial charge in [0.25, 0.3) is 0 Å². The van der Waals surface area contributed by atoms with Gasteiger partial charge in [-0.3, -0.25) is 4.79 Å². The van der Waals surface area contributed by atoms with Gasteiger partial charge < -0.3 is 14.5 Å². The highest BCUT2D eigenvalue weighted by Gasteiger charge is 2.36. The fourth-order valence-corrected chi connectivity index (χ4v) is 3.26. The summed E-state index contributed by atoms with van der Waals surface area (Å²) in [6.07, 6.45) is 1.98. The van der Waals surface area contributed by atoms with E-state index in [1.165, 1.54) is 0 Å². The van der Waals surface area contributed by atoms with Crippen molar-refractivity contribution in [3.05, 3.63) is 17.8 Å². The molecule has 0 radical (unpaired) electrons. The van der Waals surface area contributed by atoms with E-state index in [0.29, 0.717) is 13.2 Å². The van der Waals surface area contributed by atoms with E-state index >= 15 is 0 Å². The van der Waals surface area contributed by atoms with Crippen molar-refractivity contribution in [2.75, 3.05) is 31.1 Å². The Bertz CT molecular complexity index is 505. The van der Waals surface area contributed by atoms with Crippen LogP contribution in [0.1, 0.15) is 25.5 Å². The SMILES string of the molecule is CC(=O)N1CCOC2CCN(c3ccc(C)nn3)CCC21. The molecule has 2 unspecified atom stereocenters. The first-order valence-corrected chi connectivity index (χ1v) is 7.59. The molecule has 1 amide bonds. The fourth-order valence-electron chi connectivity index (χ4n) is 3.26. The van der Waals surface area contributed by atoms with Crippen LogP contribution in [-0.4, -0.2) is 59.4 Å². The third-order valence-corrected chi connectivity index (χ3v) is 4.38. The Kier molecular flexibility index (Phi) is 4.05. The number of nitrogens with zero attached hydrogens (tertiary/aromatic N) is 4. The minimum absolute atomic E-state index is 0.144. The molecule has 3 heterocycles. The highest BCUT2D eigenvalue weighted by Crippen LogP contribution is 2.25. The van der Waals surface area contributed by atoms with Gasteiger partial charge in [0.2, 0.25) is 5.91 Å². The molecule has 0 spiro atoms. The van der Waals surface area contributed by atoms with Crippen molar-refractivity contribution in [3.8, 4) is 0 Å². The summed E-state index contributed by atoms with van der Waals surface area (Å²) in [5.41, 5.74) is 0.924. The Balaban J connectivity index is 1.73. The summed E-state index contributed by atoms with van der Waals surface area (Å²) in [6, 6.07) is 4.19. The van der Waals surface area contributed by atoms with Crippen LogP contribution < -0.4 is 4.90 Å². The number of rotatable bonds is 1. The molecule has 2 aliphatic heterocycles. The summed E-state index contributed by atoms with van der Waals surface area (Å²) >= 11 is 0. The van der Waals surface area contributed by atoms with Crippen LogP contribution in [0.3, 0.4) is 0 Å². The average molecular weight is 290 g/mol. The average Bonchev–Trinajstić information content (AvgIpc) is 2.70. The monoisotopic (exact) mass is 290 g/mol. The van der Waals surface area contributed by atoms with Gasteiger partial charge in [0.1, 0.15) is 0 Å². The number of aryl methyl sites for hydroxylation is 1. The zero-order valence-electron chi connectivity index (χ0n) is 12.7. The van der Waals surface area contributed by atoms with Gasteiger partial charge in [-0.1, -0.05) is 0 Å². The largest absolute Gasteiger partial charge is 0.374 e. The Hall–Kier alpha value is -1.69. The van der Waals surface area contributed by atoms with E-state index in [0.717, 1.165) is 37.4 Å². The second-order valence-corrected chi connectivity index (χ2v) is 5.79. The Morgan fingerprint density at radius 2 is 2.05 bits per heavy atom. The summed E-state index contributed by atoms with van der Waals surface area (Å²) in [5.74, 6) is 1.06. The van der Waals surface area contributed by atoms with Crippen LogP contribution in [0, 0.1) is 6.92 Å². The number of carbonyl (C=O) groups is 1. The lowest BCUT2D eigenvalue weighted by Crippen LogP contribution is -2.52. The predicted molar refractivity (Wildman–Crippen MR) is 79.1 cm³/mol. The van der Waals surface area contributed by atoms with Gasteiger partial charge in [0, 0.05) is 26.6 Å². The molecule has 21 heavy (non-hydrogen) atoms. The number of amides is 1. The maximum Gasteiger partial charge on any atom is 0.219 e. The zero-order chi connectivity index (χ0) is 14.8. The Labute approximate surface area is 125 Å². The van der Waals surface area contributed by atoms with E-state index in [9.17, 15) is 4.79 Å². The molecule has 2 aliphatic rings. The summed E-state index contributed by atoms with van der Waals surface area (Å²) in [6.45, 7) is 6.71. The molecular formula is C15H22N4O2. The number of aromatic nitrogens is 2. The summed E-state index contributed by atoms with van der Waals surface area (Å²) in [7, 11) is 0. The van der Waals surface area contributed by atoms with Crippen molar-refractivity contribution in [1.29, 1.82) is 0 Å². The number of morpholine rings is 1. The first-order chi connectivity index (χ1) is 10.1. The number of carbonyl (C=O) groups excluding carboxylic acids is 1. The maximum absolute atomic E-state index is 11.8. The van der Waals surface area contributed by atoms with Crippen LogP contribution >= 0.6 is 0 Å². The molecule has 0 bridgehead atoms. The second-order valence-electron chi connectivity index (χ2n) is 5.79. The van der Waals surface area contributed by atoms with Gasteiger partial charge in [-0.15, -0.1) is 5.10 Å². The zero-order valence-corrected chi connectivity index (χ0v) is 12.7. The number of hydrogen-bond donors (Lipinski definition) is 0. The standard InChI is InChI=1S/C15H22N4O2/c1-11-3-4-15(17-16-11)18-7-5-13-14(6-8-18)21-10-9-19(13)12(2)20/h3-4,13-14H,5-10H2,1-2H3. The molecule has 0 aromatic carbocycles. The van der Waals surface area contributed by atoms with E-state index in [-0.39, 0.29) is 18.1 Å². The van der Waals surface area contributed by atoms with Gasteiger partial charge >= 0.3 is 0 Å². The van der Waals surface area contributed by atoms with Crippen molar-refractivity contribution in [2.45, 2.75) is 38.8 Å². The molecule has 2 fully saturated rings. The summed E-state index contributed by atoms with van der Waals surface area (Å²) in [4.78, 5) is 16.0. The normalized spacial score (nSPS) is 26.2. The van der Waals surface area contributed by atoms with E-state index in [2.05, 4.69) is 15.1 Å². The molecule has 0 saturated carbocycles. The molecule has 3 rings (SSSR count). The molecule has 6 heteroatoms. The van der Waals surface area contributed by atoms with Crippen LogP contribution in [-0.2, 0) is 9.53 Å². The Morgan fingerprint density at radius 1 is 1.24 bits per heavy atom.